The van der Waals surface area contributed by atoms with Crippen LogP contribution in [-0.4, -0.2) is 33.9 Å². The smallest absolute Gasteiger partial charge is 0.158 e. The Morgan fingerprint density at radius 3 is 3.08 bits per heavy atom. The minimum atomic E-state index is -0.346. The van der Waals surface area contributed by atoms with Crippen LogP contribution in [0.1, 0.15) is 6.42 Å². The summed E-state index contributed by atoms with van der Waals surface area (Å²) in [5.41, 5.74) is 2.37. The predicted molar refractivity (Wildman–Crippen MR) is 88.0 cm³/mol. The molecular weight excluding hydrogens is 311 g/mol. The van der Waals surface area contributed by atoms with Gasteiger partial charge in [-0.25, -0.2) is 14.4 Å². The molecule has 0 saturated carbocycles. The highest BCUT2D eigenvalue weighted by Gasteiger charge is 2.19. The summed E-state index contributed by atoms with van der Waals surface area (Å²) in [6, 6.07) is 6.34. The van der Waals surface area contributed by atoms with Gasteiger partial charge in [0.25, 0.3) is 0 Å². The summed E-state index contributed by atoms with van der Waals surface area (Å²) in [6.07, 6.45) is 4.15. The Labute approximate surface area is 138 Å². The zero-order valence-corrected chi connectivity index (χ0v) is 13.2. The van der Waals surface area contributed by atoms with E-state index in [-0.39, 0.29) is 11.9 Å². The minimum absolute atomic E-state index is 0.0622. The zero-order chi connectivity index (χ0) is 16.5. The zero-order valence-electron chi connectivity index (χ0n) is 13.2. The third kappa shape index (κ3) is 2.78. The number of ether oxygens (including phenoxy) is 2. The third-order valence-corrected chi connectivity index (χ3v) is 4.04. The lowest BCUT2D eigenvalue weighted by Crippen LogP contribution is -2.16. The Hall–Kier alpha value is -2.67. The highest BCUT2D eigenvalue weighted by Crippen LogP contribution is 2.32. The van der Waals surface area contributed by atoms with Crippen LogP contribution >= 0.6 is 0 Å². The van der Waals surface area contributed by atoms with Gasteiger partial charge in [0.1, 0.15) is 29.5 Å². The van der Waals surface area contributed by atoms with Crippen LogP contribution in [0, 0.1) is 5.82 Å². The number of halogens is 1. The van der Waals surface area contributed by atoms with Crippen LogP contribution in [0.4, 0.5) is 15.9 Å². The normalized spacial score (nSPS) is 17.3. The van der Waals surface area contributed by atoms with Gasteiger partial charge in [-0.2, -0.15) is 0 Å². The van der Waals surface area contributed by atoms with Gasteiger partial charge in [0, 0.05) is 25.7 Å². The van der Waals surface area contributed by atoms with Gasteiger partial charge in [-0.15, -0.1) is 0 Å². The maximum absolute atomic E-state index is 13.7. The van der Waals surface area contributed by atoms with Gasteiger partial charge in [-0.3, -0.25) is 0 Å². The average molecular weight is 328 g/mol. The Kier molecular flexibility index (Phi) is 3.78. The van der Waals surface area contributed by atoms with Crippen molar-refractivity contribution in [2.24, 2.45) is 7.05 Å². The van der Waals surface area contributed by atoms with Crippen molar-refractivity contribution in [3.63, 3.8) is 0 Å². The van der Waals surface area contributed by atoms with E-state index in [0.717, 1.165) is 17.5 Å². The van der Waals surface area contributed by atoms with Gasteiger partial charge >= 0.3 is 0 Å². The van der Waals surface area contributed by atoms with E-state index < -0.39 is 0 Å². The molecule has 2 aromatic heterocycles. The molecule has 1 fully saturated rings. The van der Waals surface area contributed by atoms with Crippen LogP contribution < -0.4 is 10.1 Å². The molecule has 124 valence electrons. The Morgan fingerprint density at radius 1 is 1.33 bits per heavy atom. The molecule has 4 rings (SSSR count). The highest BCUT2D eigenvalue weighted by molar-refractivity contribution is 5.88. The minimum Gasteiger partial charge on any atom is -0.486 e. The number of nitrogens with one attached hydrogen (secondary N) is 1. The monoisotopic (exact) mass is 328 g/mol. The average Bonchev–Trinajstić information content (AvgIpc) is 3.21. The van der Waals surface area contributed by atoms with Crippen molar-refractivity contribution in [2.45, 2.75) is 12.5 Å². The number of aryl methyl sites for hydroxylation is 1. The Balaban J connectivity index is 1.69. The van der Waals surface area contributed by atoms with Crippen LogP contribution in [-0.2, 0) is 11.8 Å². The van der Waals surface area contributed by atoms with Crippen molar-refractivity contribution in [3.8, 4) is 5.75 Å². The van der Waals surface area contributed by atoms with Crippen molar-refractivity contribution in [3.05, 3.63) is 42.6 Å². The van der Waals surface area contributed by atoms with E-state index in [1.807, 2.05) is 23.9 Å². The van der Waals surface area contributed by atoms with Crippen LogP contribution in [0.5, 0.6) is 5.75 Å². The molecule has 0 unspecified atom stereocenters. The maximum Gasteiger partial charge on any atom is 0.158 e. The molecule has 0 aliphatic carbocycles. The van der Waals surface area contributed by atoms with Gasteiger partial charge in [-0.05, 0) is 18.2 Å². The number of fused-ring (bicyclic) bond motifs is 1. The summed E-state index contributed by atoms with van der Waals surface area (Å²) < 4.78 is 26.8. The lowest BCUT2D eigenvalue weighted by molar-refractivity contribution is 0.141. The number of hydrogen-bond donors (Lipinski definition) is 1. The van der Waals surface area contributed by atoms with Crippen LogP contribution in [0.15, 0.2) is 36.8 Å². The molecular formula is C17H17FN4O2. The summed E-state index contributed by atoms with van der Waals surface area (Å²) in [4.78, 5) is 8.56. The first-order valence-corrected chi connectivity index (χ1v) is 7.78. The van der Waals surface area contributed by atoms with E-state index in [4.69, 9.17) is 9.47 Å². The predicted octanol–water partition coefficient (Wildman–Crippen LogP) is 3.02. The molecule has 1 aliphatic rings. The molecule has 0 radical (unpaired) electrons. The fourth-order valence-corrected chi connectivity index (χ4v) is 2.82. The summed E-state index contributed by atoms with van der Waals surface area (Å²) in [6.45, 7) is 1.18. The van der Waals surface area contributed by atoms with E-state index in [0.29, 0.717) is 30.5 Å². The molecule has 3 aromatic rings. The summed E-state index contributed by atoms with van der Waals surface area (Å²) in [5, 5.41) is 3.24. The van der Waals surface area contributed by atoms with Crippen molar-refractivity contribution >= 4 is 22.5 Å². The lowest BCUT2D eigenvalue weighted by Gasteiger charge is -2.17. The molecule has 0 spiro atoms. The molecule has 0 amide bonds. The lowest BCUT2D eigenvalue weighted by atomic mass is 10.2. The largest absolute Gasteiger partial charge is 0.486 e. The van der Waals surface area contributed by atoms with Crippen LogP contribution in [0.2, 0.25) is 0 Å². The molecule has 1 aliphatic heterocycles. The van der Waals surface area contributed by atoms with Gasteiger partial charge in [0.2, 0.25) is 0 Å². The molecule has 0 bridgehead atoms. The second-order valence-corrected chi connectivity index (χ2v) is 5.75. The fraction of sp³-hybridized carbons (Fsp3) is 0.294. The van der Waals surface area contributed by atoms with Gasteiger partial charge in [0.15, 0.2) is 5.82 Å². The first kappa shape index (κ1) is 14.9. The van der Waals surface area contributed by atoms with Crippen LogP contribution in [0.25, 0.3) is 11.0 Å². The van der Waals surface area contributed by atoms with Crippen molar-refractivity contribution in [2.75, 3.05) is 18.5 Å². The first-order chi connectivity index (χ1) is 11.7. The Morgan fingerprint density at radius 2 is 2.25 bits per heavy atom. The molecule has 1 aromatic carbocycles. The van der Waals surface area contributed by atoms with Crippen molar-refractivity contribution in [1.82, 2.24) is 14.5 Å². The summed E-state index contributed by atoms with van der Waals surface area (Å²) in [7, 11) is 1.93. The molecule has 3 heterocycles. The maximum atomic E-state index is 13.7. The third-order valence-electron chi connectivity index (χ3n) is 4.04. The van der Waals surface area contributed by atoms with Gasteiger partial charge in [0.05, 0.1) is 24.4 Å². The first-order valence-electron chi connectivity index (χ1n) is 7.78. The summed E-state index contributed by atoms with van der Waals surface area (Å²) in [5.74, 6) is 0.749. The van der Waals surface area contributed by atoms with E-state index in [1.54, 1.807) is 6.07 Å². The SMILES string of the molecule is Cn1ccc2ncnc(Nc3ccc(F)cc3O[C@@H]3CCOC3)c21. The van der Waals surface area contributed by atoms with E-state index in [9.17, 15) is 4.39 Å². The number of rotatable bonds is 4. The number of nitrogens with zero attached hydrogens (tertiary/aromatic N) is 3. The molecule has 7 heteroatoms. The molecule has 24 heavy (non-hydrogen) atoms. The number of benzene rings is 1. The molecule has 6 nitrogen and oxygen atoms in total. The fourth-order valence-electron chi connectivity index (χ4n) is 2.82. The standard InChI is InChI=1S/C17H17FN4O2/c1-22-6-4-14-16(22)17(20-10-19-14)21-13-3-2-11(18)8-15(13)24-12-5-7-23-9-12/h2-4,6,8,10,12H,5,7,9H2,1H3,(H,19,20,21)/t12-/m1/s1. The van der Waals surface area contributed by atoms with Crippen LogP contribution in [0.3, 0.4) is 0 Å². The highest BCUT2D eigenvalue weighted by atomic mass is 19.1. The molecule has 1 N–H and O–H groups in total. The van der Waals surface area contributed by atoms with Crippen molar-refractivity contribution in [1.29, 1.82) is 0 Å². The number of aromatic nitrogens is 3. The molecule has 1 saturated heterocycles. The summed E-state index contributed by atoms with van der Waals surface area (Å²) >= 11 is 0. The van der Waals surface area contributed by atoms with E-state index in [2.05, 4.69) is 15.3 Å². The van der Waals surface area contributed by atoms with E-state index in [1.165, 1.54) is 18.5 Å². The Bertz CT molecular complexity index is 874. The number of anilines is 2. The second-order valence-electron chi connectivity index (χ2n) is 5.75. The quantitative estimate of drug-likeness (QED) is 0.798. The second kappa shape index (κ2) is 6.09. The van der Waals surface area contributed by atoms with E-state index >= 15 is 0 Å². The number of hydrogen-bond acceptors (Lipinski definition) is 5. The topological polar surface area (TPSA) is 61.2 Å². The van der Waals surface area contributed by atoms with Gasteiger partial charge in [-0.1, -0.05) is 0 Å². The molecule has 1 atom stereocenters. The van der Waals surface area contributed by atoms with Gasteiger partial charge < -0.3 is 19.4 Å². The van der Waals surface area contributed by atoms with Crippen molar-refractivity contribution < 1.29 is 13.9 Å².